The zero-order valence-electron chi connectivity index (χ0n) is 12.7. The highest BCUT2D eigenvalue weighted by Gasteiger charge is 2.26. The molecule has 1 saturated carbocycles. The fourth-order valence-electron chi connectivity index (χ4n) is 2.75. The Kier molecular flexibility index (Phi) is 4.24. The van der Waals surface area contributed by atoms with Crippen LogP contribution < -0.4 is 5.73 Å². The third kappa shape index (κ3) is 3.53. The molecule has 3 heteroatoms. The molecule has 0 radical (unpaired) electrons. The van der Waals surface area contributed by atoms with Crippen LogP contribution in [-0.4, -0.2) is 9.97 Å². The molecular weight excluding hydrogens is 234 g/mol. The molecule has 3 nitrogen and oxygen atoms in total. The summed E-state index contributed by atoms with van der Waals surface area (Å²) in [5, 5.41) is 0. The molecule has 106 valence electrons. The van der Waals surface area contributed by atoms with Gasteiger partial charge in [0.25, 0.3) is 0 Å². The highest BCUT2D eigenvalue weighted by molar-refractivity contribution is 5.17. The van der Waals surface area contributed by atoms with Crippen LogP contribution in [0.1, 0.15) is 82.0 Å². The van der Waals surface area contributed by atoms with Gasteiger partial charge in [0.2, 0.25) is 0 Å². The molecule has 0 aromatic carbocycles. The molecule has 19 heavy (non-hydrogen) atoms. The quantitative estimate of drug-likeness (QED) is 0.879. The molecule has 0 spiro atoms. The first-order valence-electron chi connectivity index (χ1n) is 7.49. The summed E-state index contributed by atoms with van der Waals surface area (Å²) in [6.07, 6.45) is 6.55. The second-order valence-electron chi connectivity index (χ2n) is 6.97. The van der Waals surface area contributed by atoms with Crippen LogP contribution in [-0.2, 0) is 0 Å². The average Bonchev–Trinajstić information content (AvgIpc) is 2.37. The van der Waals surface area contributed by atoms with Gasteiger partial charge >= 0.3 is 0 Å². The van der Waals surface area contributed by atoms with Crippen molar-refractivity contribution >= 4 is 0 Å². The van der Waals surface area contributed by atoms with E-state index in [1.807, 2.05) is 6.92 Å². The topological polar surface area (TPSA) is 51.8 Å². The Balaban J connectivity index is 2.28. The smallest absolute Gasteiger partial charge is 0.146 e. The van der Waals surface area contributed by atoms with Gasteiger partial charge in [0.15, 0.2) is 0 Å². The van der Waals surface area contributed by atoms with Crippen LogP contribution in [0.2, 0.25) is 0 Å². The van der Waals surface area contributed by atoms with E-state index < -0.39 is 0 Å². The molecule has 1 fully saturated rings. The number of rotatable bonds is 2. The van der Waals surface area contributed by atoms with Gasteiger partial charge in [-0.15, -0.1) is 0 Å². The number of aryl methyl sites for hydroxylation is 1. The minimum absolute atomic E-state index is 0.00235. The number of nitrogens with two attached hydrogens (primary N) is 1. The molecule has 1 atom stereocenters. The first kappa shape index (κ1) is 14.4. The second-order valence-corrected chi connectivity index (χ2v) is 6.97. The van der Waals surface area contributed by atoms with Crippen molar-refractivity contribution < 1.29 is 0 Å². The predicted octanol–water partition coefficient (Wildman–Crippen LogP) is 3.88. The van der Waals surface area contributed by atoms with E-state index in [9.17, 15) is 0 Å². The van der Waals surface area contributed by atoms with Crippen molar-refractivity contribution in [3.05, 3.63) is 23.3 Å². The van der Waals surface area contributed by atoms with E-state index in [1.54, 1.807) is 0 Å². The predicted molar refractivity (Wildman–Crippen MR) is 79.0 cm³/mol. The normalized spacial score (nSPS) is 19.4. The Hall–Kier alpha value is -0.960. The second kappa shape index (κ2) is 5.58. The Morgan fingerprint density at radius 1 is 1.16 bits per heavy atom. The van der Waals surface area contributed by atoms with Crippen LogP contribution in [0.15, 0.2) is 6.07 Å². The van der Waals surface area contributed by atoms with E-state index in [0.717, 1.165) is 11.5 Å². The van der Waals surface area contributed by atoms with E-state index in [1.165, 1.54) is 37.8 Å². The molecular formula is C16H27N3. The van der Waals surface area contributed by atoms with E-state index in [0.29, 0.717) is 5.92 Å². The van der Waals surface area contributed by atoms with E-state index in [-0.39, 0.29) is 11.5 Å². The van der Waals surface area contributed by atoms with Gasteiger partial charge in [0.05, 0.1) is 6.04 Å². The van der Waals surface area contributed by atoms with Gasteiger partial charge in [-0.3, -0.25) is 0 Å². The molecule has 0 aliphatic heterocycles. The molecule has 0 saturated heterocycles. The Labute approximate surface area is 117 Å². The molecule has 1 heterocycles. The van der Waals surface area contributed by atoms with Crippen molar-refractivity contribution in [2.24, 2.45) is 11.1 Å². The van der Waals surface area contributed by atoms with Crippen LogP contribution >= 0.6 is 0 Å². The summed E-state index contributed by atoms with van der Waals surface area (Å²) in [7, 11) is 0. The summed E-state index contributed by atoms with van der Waals surface area (Å²) >= 11 is 0. The molecule has 0 amide bonds. The van der Waals surface area contributed by atoms with Crippen LogP contribution in [0.25, 0.3) is 0 Å². The minimum Gasteiger partial charge on any atom is -0.321 e. The fourth-order valence-corrected chi connectivity index (χ4v) is 2.75. The number of nitrogens with zero attached hydrogens (tertiary/aromatic N) is 2. The molecule has 1 aromatic heterocycles. The Morgan fingerprint density at radius 2 is 1.79 bits per heavy atom. The van der Waals surface area contributed by atoms with Crippen molar-refractivity contribution in [1.82, 2.24) is 9.97 Å². The molecule has 1 aromatic rings. The van der Waals surface area contributed by atoms with Crippen molar-refractivity contribution in [2.45, 2.75) is 71.8 Å². The maximum Gasteiger partial charge on any atom is 0.146 e. The highest BCUT2D eigenvalue weighted by atomic mass is 14.9. The lowest BCUT2D eigenvalue weighted by Gasteiger charge is -2.27. The van der Waals surface area contributed by atoms with Gasteiger partial charge < -0.3 is 5.73 Å². The lowest BCUT2D eigenvalue weighted by Crippen LogP contribution is -2.29. The molecule has 1 aliphatic carbocycles. The average molecular weight is 261 g/mol. The number of hydrogen-bond acceptors (Lipinski definition) is 3. The summed E-state index contributed by atoms with van der Waals surface area (Å²) in [5.74, 6) is 1.43. The van der Waals surface area contributed by atoms with Crippen LogP contribution in [0, 0.1) is 12.3 Å². The molecule has 0 bridgehead atoms. The summed E-state index contributed by atoms with van der Waals surface area (Å²) in [5.41, 5.74) is 8.57. The SMILES string of the molecule is Cc1cc(C2CCCCC2)nc(C(N)C(C)(C)C)n1. The van der Waals surface area contributed by atoms with E-state index in [2.05, 4.69) is 31.8 Å². The van der Waals surface area contributed by atoms with Gasteiger partial charge in [0.1, 0.15) is 5.82 Å². The van der Waals surface area contributed by atoms with Crippen molar-refractivity contribution in [3.8, 4) is 0 Å². The molecule has 2 N–H and O–H groups in total. The van der Waals surface area contributed by atoms with Gasteiger partial charge in [0, 0.05) is 17.3 Å². The molecule has 1 unspecified atom stereocenters. The highest BCUT2D eigenvalue weighted by Crippen LogP contribution is 2.33. The van der Waals surface area contributed by atoms with Crippen molar-refractivity contribution in [3.63, 3.8) is 0 Å². The zero-order valence-corrected chi connectivity index (χ0v) is 12.7. The van der Waals surface area contributed by atoms with E-state index >= 15 is 0 Å². The van der Waals surface area contributed by atoms with Gasteiger partial charge in [-0.1, -0.05) is 40.0 Å². The lowest BCUT2D eigenvalue weighted by atomic mass is 9.85. The Morgan fingerprint density at radius 3 is 2.37 bits per heavy atom. The van der Waals surface area contributed by atoms with Crippen molar-refractivity contribution in [2.75, 3.05) is 0 Å². The van der Waals surface area contributed by atoms with Gasteiger partial charge in [-0.2, -0.15) is 0 Å². The van der Waals surface area contributed by atoms with E-state index in [4.69, 9.17) is 10.7 Å². The zero-order chi connectivity index (χ0) is 14.0. The summed E-state index contributed by atoms with van der Waals surface area (Å²) in [4.78, 5) is 9.35. The minimum atomic E-state index is -0.102. The number of aromatic nitrogens is 2. The maximum atomic E-state index is 6.31. The van der Waals surface area contributed by atoms with Gasteiger partial charge in [-0.05, 0) is 31.2 Å². The first-order chi connectivity index (χ1) is 8.88. The summed E-state index contributed by atoms with van der Waals surface area (Å²) in [6.45, 7) is 8.48. The Bertz CT molecular complexity index is 428. The molecule has 1 aliphatic rings. The number of hydrogen-bond donors (Lipinski definition) is 1. The summed E-state index contributed by atoms with van der Waals surface area (Å²) in [6, 6.07) is 2.05. The largest absolute Gasteiger partial charge is 0.321 e. The lowest BCUT2D eigenvalue weighted by molar-refractivity contribution is 0.313. The van der Waals surface area contributed by atoms with Crippen LogP contribution in [0.4, 0.5) is 0 Å². The first-order valence-corrected chi connectivity index (χ1v) is 7.49. The third-order valence-electron chi connectivity index (χ3n) is 4.13. The summed E-state index contributed by atoms with van der Waals surface area (Å²) < 4.78 is 0. The van der Waals surface area contributed by atoms with Crippen molar-refractivity contribution in [1.29, 1.82) is 0 Å². The fraction of sp³-hybridized carbons (Fsp3) is 0.750. The van der Waals surface area contributed by atoms with Gasteiger partial charge in [-0.25, -0.2) is 9.97 Å². The van der Waals surface area contributed by atoms with Crippen LogP contribution in [0.5, 0.6) is 0 Å². The standard InChI is InChI=1S/C16H27N3/c1-11-10-13(12-8-6-5-7-9-12)19-15(18-11)14(17)16(2,3)4/h10,12,14H,5-9,17H2,1-4H3. The third-order valence-corrected chi connectivity index (χ3v) is 4.13. The van der Waals surface area contributed by atoms with Crippen LogP contribution in [0.3, 0.4) is 0 Å². The monoisotopic (exact) mass is 261 g/mol. The molecule has 2 rings (SSSR count). The maximum absolute atomic E-state index is 6.31.